The molecule has 0 radical (unpaired) electrons. The molecule has 148 valence electrons. The van der Waals surface area contributed by atoms with Crippen LogP contribution in [0.1, 0.15) is 31.4 Å². The number of aliphatic hydroxyl groups excluding tert-OH is 1. The lowest BCUT2D eigenvalue weighted by Crippen LogP contribution is -2.35. The summed E-state index contributed by atoms with van der Waals surface area (Å²) in [5.74, 6) is 1.51. The lowest BCUT2D eigenvalue weighted by molar-refractivity contribution is 0.00779. The van der Waals surface area contributed by atoms with E-state index >= 15 is 0 Å². The summed E-state index contributed by atoms with van der Waals surface area (Å²) < 4.78 is 11.2. The molecular weight excluding hydrogens is 338 g/mol. The summed E-state index contributed by atoms with van der Waals surface area (Å²) in [7, 11) is 1.70. The van der Waals surface area contributed by atoms with E-state index in [-0.39, 0.29) is 0 Å². The average Bonchev–Trinajstić information content (AvgIpc) is 2.67. The predicted molar refractivity (Wildman–Crippen MR) is 110 cm³/mol. The van der Waals surface area contributed by atoms with Gasteiger partial charge in [-0.15, -0.1) is 0 Å². The van der Waals surface area contributed by atoms with E-state index < -0.39 is 6.10 Å². The molecule has 1 atom stereocenters. The minimum absolute atomic E-state index is 0.332. The highest BCUT2D eigenvalue weighted by atomic mass is 16.5. The van der Waals surface area contributed by atoms with Gasteiger partial charge in [0.15, 0.2) is 0 Å². The summed E-state index contributed by atoms with van der Waals surface area (Å²) in [4.78, 5) is 2.29. The molecule has 2 aromatic carbocycles. The summed E-state index contributed by atoms with van der Waals surface area (Å²) in [6.07, 6.45) is 0.572. The molecule has 1 N–H and O–H groups in total. The van der Waals surface area contributed by atoms with Crippen molar-refractivity contribution in [2.75, 3.05) is 26.8 Å². The molecule has 0 aliphatic rings. The van der Waals surface area contributed by atoms with Crippen LogP contribution in [0, 0.1) is 5.92 Å². The molecule has 1 unspecified atom stereocenters. The first-order chi connectivity index (χ1) is 13.1. The number of ether oxygens (including phenoxy) is 2. The molecule has 0 fully saturated rings. The molecule has 0 spiro atoms. The molecule has 0 heterocycles. The van der Waals surface area contributed by atoms with Gasteiger partial charge in [0.05, 0.1) is 26.4 Å². The molecular formula is C23H33NO3. The van der Waals surface area contributed by atoms with Crippen molar-refractivity contribution >= 4 is 0 Å². The van der Waals surface area contributed by atoms with Crippen LogP contribution in [0.4, 0.5) is 0 Å². The van der Waals surface area contributed by atoms with Crippen LogP contribution in [0.15, 0.2) is 54.6 Å². The third-order valence-electron chi connectivity index (χ3n) is 4.50. The Hall–Kier alpha value is -1.88. The lowest BCUT2D eigenvalue weighted by Gasteiger charge is -2.26. The van der Waals surface area contributed by atoms with Crippen molar-refractivity contribution in [2.24, 2.45) is 5.92 Å². The van der Waals surface area contributed by atoms with Gasteiger partial charge < -0.3 is 14.6 Å². The zero-order chi connectivity index (χ0) is 19.5. The molecule has 2 aromatic rings. The first-order valence-corrected chi connectivity index (χ1v) is 9.72. The number of nitrogens with zero attached hydrogens (tertiary/aromatic N) is 1. The van der Waals surface area contributed by atoms with Crippen molar-refractivity contribution in [1.82, 2.24) is 4.90 Å². The standard InChI is InChI=1S/C23H33NO3/c1-19(2)13-14-24(15-21-11-7-8-12-23(21)26-3)16-22(25)18-27-17-20-9-5-4-6-10-20/h4-12,19,22,25H,13-18H2,1-3H3. The number of hydrogen-bond donors (Lipinski definition) is 1. The van der Waals surface area contributed by atoms with Crippen molar-refractivity contribution in [1.29, 1.82) is 0 Å². The van der Waals surface area contributed by atoms with E-state index in [9.17, 15) is 5.11 Å². The molecule has 27 heavy (non-hydrogen) atoms. The van der Waals surface area contributed by atoms with Crippen molar-refractivity contribution in [2.45, 2.75) is 39.5 Å². The highest BCUT2D eigenvalue weighted by Gasteiger charge is 2.15. The van der Waals surface area contributed by atoms with Gasteiger partial charge in [0.25, 0.3) is 0 Å². The fraction of sp³-hybridized carbons (Fsp3) is 0.478. The summed E-state index contributed by atoms with van der Waals surface area (Å²) in [5, 5.41) is 10.5. The molecule has 0 aliphatic carbocycles. The van der Waals surface area contributed by atoms with Crippen LogP contribution in [-0.2, 0) is 17.9 Å². The van der Waals surface area contributed by atoms with Crippen molar-refractivity contribution < 1.29 is 14.6 Å². The zero-order valence-corrected chi connectivity index (χ0v) is 16.8. The van der Waals surface area contributed by atoms with Gasteiger partial charge in [0.2, 0.25) is 0 Å². The van der Waals surface area contributed by atoms with Crippen LogP contribution in [-0.4, -0.2) is 42.9 Å². The number of benzene rings is 2. The largest absolute Gasteiger partial charge is 0.496 e. The molecule has 4 nitrogen and oxygen atoms in total. The van der Waals surface area contributed by atoms with E-state index in [0.717, 1.165) is 36.4 Å². The number of aliphatic hydroxyl groups is 1. The van der Waals surface area contributed by atoms with Crippen molar-refractivity contribution in [3.63, 3.8) is 0 Å². The smallest absolute Gasteiger partial charge is 0.123 e. The minimum atomic E-state index is -0.518. The van der Waals surface area contributed by atoms with Gasteiger partial charge in [-0.1, -0.05) is 62.4 Å². The fourth-order valence-electron chi connectivity index (χ4n) is 2.99. The number of hydrogen-bond acceptors (Lipinski definition) is 4. The van der Waals surface area contributed by atoms with E-state index in [1.807, 2.05) is 48.5 Å². The maximum Gasteiger partial charge on any atom is 0.123 e. The third-order valence-corrected chi connectivity index (χ3v) is 4.50. The van der Waals surface area contributed by atoms with Gasteiger partial charge in [0, 0.05) is 18.7 Å². The summed E-state index contributed by atoms with van der Waals surface area (Å²) in [6.45, 7) is 7.58. The summed E-state index contributed by atoms with van der Waals surface area (Å²) in [5.41, 5.74) is 2.26. The lowest BCUT2D eigenvalue weighted by atomic mass is 10.1. The number of para-hydroxylation sites is 1. The van der Waals surface area contributed by atoms with E-state index in [4.69, 9.17) is 9.47 Å². The molecule has 0 aliphatic heterocycles. The second-order valence-corrected chi connectivity index (χ2v) is 7.38. The van der Waals surface area contributed by atoms with Crippen molar-refractivity contribution in [3.05, 3.63) is 65.7 Å². The molecule has 0 amide bonds. The minimum Gasteiger partial charge on any atom is -0.496 e. The van der Waals surface area contributed by atoms with E-state index in [2.05, 4.69) is 24.8 Å². The topological polar surface area (TPSA) is 41.9 Å². The normalized spacial score (nSPS) is 12.5. The summed E-state index contributed by atoms with van der Waals surface area (Å²) in [6, 6.07) is 18.1. The van der Waals surface area contributed by atoms with E-state index in [1.165, 1.54) is 0 Å². The molecule has 4 heteroatoms. The zero-order valence-electron chi connectivity index (χ0n) is 16.8. The van der Waals surface area contributed by atoms with Crippen LogP contribution in [0.3, 0.4) is 0 Å². The Labute approximate surface area is 163 Å². The second kappa shape index (κ2) is 11.8. The Balaban J connectivity index is 1.88. The van der Waals surface area contributed by atoms with Gasteiger partial charge in [-0.3, -0.25) is 4.90 Å². The first kappa shape index (κ1) is 21.4. The second-order valence-electron chi connectivity index (χ2n) is 7.38. The van der Waals surface area contributed by atoms with Gasteiger partial charge >= 0.3 is 0 Å². The highest BCUT2D eigenvalue weighted by molar-refractivity contribution is 5.33. The Bertz CT molecular complexity index is 645. The Kier molecular flexibility index (Phi) is 9.32. The van der Waals surface area contributed by atoms with E-state index in [0.29, 0.717) is 25.7 Å². The molecule has 0 saturated heterocycles. The Morgan fingerprint density at radius 3 is 2.41 bits per heavy atom. The maximum absolute atomic E-state index is 10.5. The van der Waals surface area contributed by atoms with E-state index in [1.54, 1.807) is 7.11 Å². The van der Waals surface area contributed by atoms with Gasteiger partial charge in [0.1, 0.15) is 5.75 Å². The van der Waals surface area contributed by atoms with Crippen LogP contribution in [0.25, 0.3) is 0 Å². The SMILES string of the molecule is COc1ccccc1CN(CCC(C)C)CC(O)COCc1ccccc1. The van der Waals surface area contributed by atoms with Crippen LogP contribution in [0.5, 0.6) is 5.75 Å². The van der Waals surface area contributed by atoms with Gasteiger partial charge in [-0.25, -0.2) is 0 Å². The Morgan fingerprint density at radius 2 is 1.70 bits per heavy atom. The molecule has 0 bridgehead atoms. The Morgan fingerprint density at radius 1 is 1.00 bits per heavy atom. The third kappa shape index (κ3) is 8.12. The average molecular weight is 372 g/mol. The number of methoxy groups -OCH3 is 1. The molecule has 2 rings (SSSR count). The predicted octanol–water partition coefficient (Wildman–Crippen LogP) is 4.12. The quantitative estimate of drug-likeness (QED) is 0.609. The highest BCUT2D eigenvalue weighted by Crippen LogP contribution is 2.20. The monoisotopic (exact) mass is 371 g/mol. The van der Waals surface area contributed by atoms with Gasteiger partial charge in [-0.2, -0.15) is 0 Å². The maximum atomic E-state index is 10.5. The van der Waals surface area contributed by atoms with Crippen molar-refractivity contribution in [3.8, 4) is 5.75 Å². The van der Waals surface area contributed by atoms with Crippen LogP contribution < -0.4 is 4.74 Å². The first-order valence-electron chi connectivity index (χ1n) is 9.72. The van der Waals surface area contributed by atoms with Crippen LogP contribution in [0.2, 0.25) is 0 Å². The molecule has 0 saturated carbocycles. The summed E-state index contributed by atoms with van der Waals surface area (Å²) >= 11 is 0. The number of rotatable bonds is 12. The van der Waals surface area contributed by atoms with Crippen LogP contribution >= 0.6 is 0 Å². The molecule has 0 aromatic heterocycles. The van der Waals surface area contributed by atoms with Gasteiger partial charge in [-0.05, 0) is 30.5 Å². The fourth-order valence-corrected chi connectivity index (χ4v) is 2.99.